The smallest absolute Gasteiger partial charge is 1.00 e. The third-order valence-electron chi connectivity index (χ3n) is 0. The fourth-order valence-electron chi connectivity index (χ4n) is 0. The average molecular weight is 166 g/mol. The molecule has 0 atom stereocenters. The summed E-state index contributed by atoms with van der Waals surface area (Å²) in [7, 11) is 0. The van der Waals surface area contributed by atoms with Gasteiger partial charge >= 0.3 is 19.5 Å². The maximum atomic E-state index is 8.00. The fourth-order valence-corrected chi connectivity index (χ4v) is 0. The van der Waals surface area contributed by atoms with E-state index in [2.05, 4.69) is 0 Å². The topological polar surface area (TPSA) is 17.1 Å². The van der Waals surface area contributed by atoms with Crippen molar-refractivity contribution in [2.45, 2.75) is 0 Å². The van der Waals surface area contributed by atoms with Crippen LogP contribution in [-0.2, 0) is 24.3 Å². The van der Waals surface area contributed by atoms with E-state index < -0.39 is 0 Å². The molecule has 0 spiro atoms. The minimum Gasteiger partial charge on any atom is -1.00 e. The average Bonchev–Trinajstić information content (AvgIpc) is 1.00. The molecule has 0 unspecified atom stereocenters. The predicted octanol–water partition coefficient (Wildman–Crippen LogP) is -6.18. The van der Waals surface area contributed by atoms with E-state index >= 15 is 0 Å². The summed E-state index contributed by atoms with van der Waals surface area (Å²) < 4.78 is 0. The van der Waals surface area contributed by atoms with Gasteiger partial charge in [0.1, 0.15) is 6.79 Å². The van der Waals surface area contributed by atoms with Gasteiger partial charge in [-0.1, -0.05) is 0 Å². The molecule has 0 aliphatic rings. The van der Waals surface area contributed by atoms with Gasteiger partial charge in [0.05, 0.1) is 0 Å². The van der Waals surface area contributed by atoms with Gasteiger partial charge in [0.2, 0.25) is 0 Å². The van der Waals surface area contributed by atoms with E-state index in [1.54, 1.807) is 0 Å². The third-order valence-corrected chi connectivity index (χ3v) is 0. The molecule has 4 heteroatoms. The Morgan fingerprint density at radius 3 is 1.00 bits per heavy atom. The molecule has 0 saturated heterocycles. The number of carbonyl (C=O) groups is 1. The Hall–Kier alpha value is 0.873. The van der Waals surface area contributed by atoms with Crippen molar-refractivity contribution in [1.29, 1.82) is 0 Å². The van der Waals surface area contributed by atoms with E-state index in [9.17, 15) is 0 Å². The number of hydrogen-bond acceptors (Lipinski definition) is 1. The van der Waals surface area contributed by atoms with Gasteiger partial charge in [-0.2, -0.15) is 0 Å². The second kappa shape index (κ2) is 95.9. The summed E-state index contributed by atoms with van der Waals surface area (Å²) >= 11 is 0. The number of halogens is 2. The Kier molecular flexibility index (Phi) is 762. The van der Waals surface area contributed by atoms with Crippen LogP contribution in [0.15, 0.2) is 0 Å². The third kappa shape index (κ3) is 52.7. The molecule has 0 aromatic carbocycles. The van der Waals surface area contributed by atoms with Crippen molar-refractivity contribution in [3.8, 4) is 0 Å². The molecule has 0 N–H and O–H groups in total. The molecule has 0 aliphatic heterocycles. The van der Waals surface area contributed by atoms with Crippen molar-refractivity contribution in [2.75, 3.05) is 0 Å². The summed E-state index contributed by atoms with van der Waals surface area (Å²) in [5.41, 5.74) is 0. The minimum absolute atomic E-state index is 0. The number of carbonyl (C=O) groups excluding carboxylic acids is 1. The summed E-state index contributed by atoms with van der Waals surface area (Å²) in [5.74, 6) is 0. The standard InChI is InChI=1S/CH2O.2ClH.Zn/c1-2;;;/h1H2;2*1H;/q;;;+2/p-2. The molecule has 0 rings (SSSR count). The molecule has 0 aromatic heterocycles. The van der Waals surface area contributed by atoms with Gasteiger partial charge in [-0.15, -0.1) is 0 Å². The summed E-state index contributed by atoms with van der Waals surface area (Å²) in [6, 6.07) is 0. The van der Waals surface area contributed by atoms with Crippen molar-refractivity contribution < 1.29 is 49.1 Å². The van der Waals surface area contributed by atoms with Crippen LogP contribution in [0.4, 0.5) is 0 Å². The zero-order valence-corrected chi connectivity index (χ0v) is 7.06. The van der Waals surface area contributed by atoms with Gasteiger partial charge in [-0.25, -0.2) is 0 Å². The van der Waals surface area contributed by atoms with E-state index in [0.717, 1.165) is 0 Å². The molecule has 0 bridgehead atoms. The van der Waals surface area contributed by atoms with Crippen molar-refractivity contribution in [3.05, 3.63) is 0 Å². The van der Waals surface area contributed by atoms with E-state index in [1.165, 1.54) is 0 Å². The molecule has 0 aromatic rings. The molecule has 0 saturated carbocycles. The number of rotatable bonds is 0. The Bertz CT molecular complexity index is 9.61. The zero-order chi connectivity index (χ0) is 2.00. The van der Waals surface area contributed by atoms with Crippen LogP contribution in [0.3, 0.4) is 0 Å². The van der Waals surface area contributed by atoms with Gasteiger partial charge in [-0.3, -0.25) is 0 Å². The molecule has 1 nitrogen and oxygen atoms in total. The Balaban J connectivity index is -0.00000000167. The SMILES string of the molecule is C=O.[Cl-].[Cl-].[Zn+2]. The van der Waals surface area contributed by atoms with Crippen molar-refractivity contribution in [2.24, 2.45) is 0 Å². The first kappa shape index (κ1) is 39.7. The summed E-state index contributed by atoms with van der Waals surface area (Å²) in [6.45, 7) is 2.00. The van der Waals surface area contributed by atoms with Gasteiger partial charge in [0.25, 0.3) is 0 Å². The molecule has 28 valence electrons. The first-order chi connectivity index (χ1) is 1.00. The normalized spacial score (nSPS) is 0.800. The Labute approximate surface area is 56.1 Å². The summed E-state index contributed by atoms with van der Waals surface area (Å²) in [6.07, 6.45) is 0. The molecular formula is CH2Cl2OZn. The van der Waals surface area contributed by atoms with Crippen LogP contribution in [0.2, 0.25) is 0 Å². The Morgan fingerprint density at radius 2 is 1.00 bits per heavy atom. The van der Waals surface area contributed by atoms with Crippen LogP contribution in [0.5, 0.6) is 0 Å². The first-order valence-electron chi connectivity index (χ1n) is 0.289. The van der Waals surface area contributed by atoms with E-state index in [4.69, 9.17) is 4.79 Å². The Morgan fingerprint density at radius 1 is 1.00 bits per heavy atom. The van der Waals surface area contributed by atoms with E-state index in [0.29, 0.717) is 0 Å². The van der Waals surface area contributed by atoms with Crippen LogP contribution >= 0.6 is 0 Å². The quantitative estimate of drug-likeness (QED) is 0.327. The molecule has 0 aliphatic carbocycles. The van der Waals surface area contributed by atoms with Crippen LogP contribution in [-0.4, -0.2) is 6.79 Å². The first-order valence-corrected chi connectivity index (χ1v) is 0.289. The van der Waals surface area contributed by atoms with Crippen LogP contribution < -0.4 is 24.8 Å². The predicted molar refractivity (Wildman–Crippen MR) is 7.12 cm³/mol. The van der Waals surface area contributed by atoms with Crippen LogP contribution in [0, 0.1) is 0 Å². The van der Waals surface area contributed by atoms with Gasteiger partial charge in [0, 0.05) is 0 Å². The van der Waals surface area contributed by atoms with Crippen molar-refractivity contribution in [1.82, 2.24) is 0 Å². The van der Waals surface area contributed by atoms with E-state index in [1.807, 2.05) is 6.79 Å². The van der Waals surface area contributed by atoms with Crippen LogP contribution in [0.25, 0.3) is 0 Å². The maximum Gasteiger partial charge on any atom is 2.00 e. The summed E-state index contributed by atoms with van der Waals surface area (Å²) in [4.78, 5) is 8.00. The second-order valence-electron chi connectivity index (χ2n) is 0. The van der Waals surface area contributed by atoms with Gasteiger partial charge in [0.15, 0.2) is 0 Å². The van der Waals surface area contributed by atoms with Crippen molar-refractivity contribution >= 4 is 6.79 Å². The molecule has 0 amide bonds. The molecule has 0 radical (unpaired) electrons. The minimum atomic E-state index is 0. The monoisotopic (exact) mass is 164 g/mol. The molecule has 5 heavy (non-hydrogen) atoms. The zero-order valence-electron chi connectivity index (χ0n) is 2.58. The molecule has 0 fully saturated rings. The van der Waals surface area contributed by atoms with E-state index in [-0.39, 0.29) is 44.3 Å². The largest absolute Gasteiger partial charge is 2.00 e. The number of hydrogen-bond donors (Lipinski definition) is 0. The fraction of sp³-hybridized carbons (Fsp3) is 0. The van der Waals surface area contributed by atoms with Gasteiger partial charge < -0.3 is 29.6 Å². The molecular weight excluding hydrogens is 164 g/mol. The summed E-state index contributed by atoms with van der Waals surface area (Å²) in [5, 5.41) is 0. The van der Waals surface area contributed by atoms with Crippen LogP contribution in [0.1, 0.15) is 0 Å². The second-order valence-corrected chi connectivity index (χ2v) is 0. The van der Waals surface area contributed by atoms with Crippen molar-refractivity contribution in [3.63, 3.8) is 0 Å². The molecule has 0 heterocycles. The maximum absolute atomic E-state index is 8.00. The van der Waals surface area contributed by atoms with Gasteiger partial charge in [-0.05, 0) is 0 Å².